The van der Waals surface area contributed by atoms with Gasteiger partial charge in [-0.1, -0.05) is 17.3 Å². The largest absolute Gasteiger partial charge is 0.573 e. The van der Waals surface area contributed by atoms with E-state index in [9.17, 15) is 13.2 Å². The Balaban J connectivity index is 2.41. The number of halogens is 3. The number of rotatable bonds is 2. The zero-order chi connectivity index (χ0) is 12.5. The summed E-state index contributed by atoms with van der Waals surface area (Å²) in [6, 6.07) is 7.31. The van der Waals surface area contributed by atoms with Crippen LogP contribution in [0.4, 0.5) is 13.2 Å². The van der Waals surface area contributed by atoms with Gasteiger partial charge in [0.25, 0.3) is 0 Å². The molecule has 1 aromatic carbocycles. The highest BCUT2D eigenvalue weighted by molar-refractivity contribution is 5.66. The number of hydrogen-bond donors (Lipinski definition) is 0. The molecule has 0 radical (unpaired) electrons. The van der Waals surface area contributed by atoms with Crippen LogP contribution >= 0.6 is 0 Å². The Morgan fingerprint density at radius 1 is 1.24 bits per heavy atom. The number of aryl methyl sites for hydroxylation is 1. The summed E-state index contributed by atoms with van der Waals surface area (Å²) in [6.45, 7) is 1.66. The molecule has 90 valence electrons. The van der Waals surface area contributed by atoms with Crippen LogP contribution in [0.25, 0.3) is 11.3 Å². The van der Waals surface area contributed by atoms with Crippen LogP contribution in [-0.2, 0) is 0 Å². The van der Waals surface area contributed by atoms with Crippen LogP contribution in [0.1, 0.15) is 5.76 Å². The lowest BCUT2D eigenvalue weighted by Crippen LogP contribution is -2.17. The summed E-state index contributed by atoms with van der Waals surface area (Å²) >= 11 is 0. The fourth-order valence-corrected chi connectivity index (χ4v) is 1.39. The van der Waals surface area contributed by atoms with E-state index in [2.05, 4.69) is 9.89 Å². The van der Waals surface area contributed by atoms with Gasteiger partial charge in [-0.05, 0) is 19.1 Å². The fraction of sp³-hybridized carbons (Fsp3) is 0.182. The average Bonchev–Trinajstić information content (AvgIpc) is 2.63. The van der Waals surface area contributed by atoms with E-state index >= 15 is 0 Å². The minimum atomic E-state index is -4.73. The first-order valence-electron chi connectivity index (χ1n) is 4.74. The Bertz CT molecular complexity index is 519. The molecule has 3 nitrogen and oxygen atoms in total. The van der Waals surface area contributed by atoms with Gasteiger partial charge in [-0.3, -0.25) is 0 Å². The van der Waals surface area contributed by atoms with E-state index < -0.39 is 6.36 Å². The normalized spacial score (nSPS) is 11.5. The van der Waals surface area contributed by atoms with Crippen LogP contribution in [0, 0.1) is 6.92 Å². The Morgan fingerprint density at radius 3 is 2.53 bits per heavy atom. The number of benzene rings is 1. The van der Waals surface area contributed by atoms with Gasteiger partial charge >= 0.3 is 6.36 Å². The third-order valence-electron chi connectivity index (χ3n) is 2.02. The van der Waals surface area contributed by atoms with Gasteiger partial charge < -0.3 is 9.26 Å². The third-order valence-corrected chi connectivity index (χ3v) is 2.02. The van der Waals surface area contributed by atoms with Crippen molar-refractivity contribution in [2.45, 2.75) is 13.3 Å². The molecule has 0 amide bonds. The smallest absolute Gasteiger partial charge is 0.405 e. The van der Waals surface area contributed by atoms with Crippen LogP contribution in [0.15, 0.2) is 34.9 Å². The molecule has 1 heterocycles. The van der Waals surface area contributed by atoms with Gasteiger partial charge in [-0.15, -0.1) is 13.2 Å². The van der Waals surface area contributed by atoms with Crippen molar-refractivity contribution in [3.05, 3.63) is 36.1 Å². The van der Waals surface area contributed by atoms with Gasteiger partial charge in [0.1, 0.15) is 17.2 Å². The molecule has 2 aromatic rings. The molecule has 0 aliphatic carbocycles. The second-order valence-electron chi connectivity index (χ2n) is 3.37. The van der Waals surface area contributed by atoms with Gasteiger partial charge in [0.15, 0.2) is 0 Å². The average molecular weight is 243 g/mol. The quantitative estimate of drug-likeness (QED) is 0.809. The summed E-state index contributed by atoms with van der Waals surface area (Å²) in [5.74, 6) is 0.218. The molecule has 1 aromatic heterocycles. The second-order valence-corrected chi connectivity index (χ2v) is 3.37. The molecule has 0 fully saturated rings. The number of alkyl halides is 3. The lowest BCUT2D eigenvalue weighted by Gasteiger charge is -2.11. The zero-order valence-corrected chi connectivity index (χ0v) is 8.78. The number of nitrogens with zero attached hydrogens (tertiary/aromatic N) is 1. The maximum absolute atomic E-state index is 12.2. The van der Waals surface area contributed by atoms with Gasteiger partial charge in [0, 0.05) is 11.6 Å². The van der Waals surface area contributed by atoms with Crippen molar-refractivity contribution >= 4 is 0 Å². The van der Waals surface area contributed by atoms with Crippen molar-refractivity contribution in [3.63, 3.8) is 0 Å². The van der Waals surface area contributed by atoms with Crippen molar-refractivity contribution in [2.24, 2.45) is 0 Å². The van der Waals surface area contributed by atoms with Gasteiger partial charge in [-0.25, -0.2) is 0 Å². The Kier molecular flexibility index (Phi) is 2.79. The summed E-state index contributed by atoms with van der Waals surface area (Å²) in [6.07, 6.45) is -4.73. The maximum atomic E-state index is 12.2. The topological polar surface area (TPSA) is 35.3 Å². The van der Waals surface area contributed by atoms with Crippen molar-refractivity contribution in [1.82, 2.24) is 5.16 Å². The molecule has 0 unspecified atom stereocenters. The second kappa shape index (κ2) is 4.12. The number of ether oxygens (including phenoxy) is 1. The SMILES string of the molecule is Cc1cc(-c2ccccc2OC(F)(F)F)no1. The van der Waals surface area contributed by atoms with E-state index in [-0.39, 0.29) is 11.3 Å². The van der Waals surface area contributed by atoms with E-state index in [1.807, 2.05) is 0 Å². The van der Waals surface area contributed by atoms with Crippen LogP contribution < -0.4 is 4.74 Å². The summed E-state index contributed by atoms with van der Waals surface area (Å²) in [7, 11) is 0. The first kappa shape index (κ1) is 11.5. The summed E-state index contributed by atoms with van der Waals surface area (Å²) < 4.78 is 45.3. The van der Waals surface area contributed by atoms with Crippen LogP contribution in [0.5, 0.6) is 5.75 Å². The molecule has 0 N–H and O–H groups in total. The van der Waals surface area contributed by atoms with Gasteiger partial charge in [0.2, 0.25) is 0 Å². The predicted octanol–water partition coefficient (Wildman–Crippen LogP) is 3.55. The minimum Gasteiger partial charge on any atom is -0.405 e. The molecule has 0 aliphatic rings. The van der Waals surface area contributed by atoms with Crippen molar-refractivity contribution in [1.29, 1.82) is 0 Å². The zero-order valence-electron chi connectivity index (χ0n) is 8.78. The Hall–Kier alpha value is -1.98. The highest BCUT2D eigenvalue weighted by atomic mass is 19.4. The molecule has 6 heteroatoms. The Labute approximate surface area is 94.8 Å². The molecule has 0 saturated heterocycles. The summed E-state index contributed by atoms with van der Waals surface area (Å²) in [4.78, 5) is 0. The highest BCUT2D eigenvalue weighted by Gasteiger charge is 2.32. The monoisotopic (exact) mass is 243 g/mol. The first-order valence-corrected chi connectivity index (χ1v) is 4.74. The fourth-order valence-electron chi connectivity index (χ4n) is 1.39. The lowest BCUT2D eigenvalue weighted by molar-refractivity contribution is -0.274. The van der Waals surface area contributed by atoms with E-state index in [1.165, 1.54) is 18.2 Å². The molecule has 17 heavy (non-hydrogen) atoms. The van der Waals surface area contributed by atoms with Gasteiger partial charge in [0.05, 0.1) is 0 Å². The third kappa shape index (κ3) is 2.77. The Morgan fingerprint density at radius 2 is 1.94 bits per heavy atom. The molecular weight excluding hydrogens is 235 g/mol. The molecule has 0 aliphatic heterocycles. The first-order chi connectivity index (χ1) is 7.96. The van der Waals surface area contributed by atoms with Gasteiger partial charge in [-0.2, -0.15) is 0 Å². The van der Waals surface area contributed by atoms with E-state index in [4.69, 9.17) is 4.52 Å². The molecule has 2 rings (SSSR count). The van der Waals surface area contributed by atoms with Crippen LogP contribution in [0.2, 0.25) is 0 Å². The van der Waals surface area contributed by atoms with Crippen molar-refractivity contribution in [3.8, 4) is 17.0 Å². The van der Waals surface area contributed by atoms with Crippen LogP contribution in [0.3, 0.4) is 0 Å². The van der Waals surface area contributed by atoms with E-state index in [0.717, 1.165) is 0 Å². The lowest BCUT2D eigenvalue weighted by atomic mass is 10.1. The van der Waals surface area contributed by atoms with E-state index in [1.54, 1.807) is 19.1 Å². The maximum Gasteiger partial charge on any atom is 0.573 e. The summed E-state index contributed by atoms with van der Waals surface area (Å²) in [5, 5.41) is 3.65. The molecule has 0 saturated carbocycles. The number of para-hydroxylation sites is 1. The minimum absolute atomic E-state index is 0.238. The number of aromatic nitrogens is 1. The van der Waals surface area contributed by atoms with Crippen molar-refractivity contribution < 1.29 is 22.4 Å². The molecule has 0 bridgehead atoms. The number of hydrogen-bond acceptors (Lipinski definition) is 3. The molecule has 0 atom stereocenters. The standard InChI is InChI=1S/C11H8F3NO2/c1-7-6-9(15-17-7)8-4-2-3-5-10(8)16-11(12,13)14/h2-6H,1H3. The van der Waals surface area contributed by atoms with Crippen LogP contribution in [-0.4, -0.2) is 11.5 Å². The summed E-state index contributed by atoms with van der Waals surface area (Å²) in [5.41, 5.74) is 0.545. The van der Waals surface area contributed by atoms with Crippen molar-refractivity contribution in [2.75, 3.05) is 0 Å². The van der Waals surface area contributed by atoms with E-state index in [0.29, 0.717) is 11.5 Å². The predicted molar refractivity (Wildman–Crippen MR) is 53.4 cm³/mol. The highest BCUT2D eigenvalue weighted by Crippen LogP contribution is 2.33. The molecular formula is C11H8F3NO2. The molecule has 0 spiro atoms.